The van der Waals surface area contributed by atoms with Crippen LogP contribution in [0.3, 0.4) is 0 Å². The molecule has 0 saturated heterocycles. The Hall–Kier alpha value is -4.72. The van der Waals surface area contributed by atoms with E-state index in [4.69, 9.17) is 0 Å². The van der Waals surface area contributed by atoms with Crippen LogP contribution in [0.5, 0.6) is 0 Å². The Balaban J connectivity index is 1.41. The smallest absolute Gasteiger partial charge is 0.345 e. The Morgan fingerprint density at radius 2 is 1.83 bits per heavy atom. The van der Waals surface area contributed by atoms with Gasteiger partial charge in [0.05, 0.1) is 28.5 Å². The summed E-state index contributed by atoms with van der Waals surface area (Å²) in [6.45, 7) is 1.72. The average Bonchev–Trinajstić information content (AvgIpc) is 3.58. The van der Waals surface area contributed by atoms with Crippen LogP contribution < -0.4 is 10.2 Å². The third kappa shape index (κ3) is 5.84. The summed E-state index contributed by atoms with van der Waals surface area (Å²) in [7, 11) is 0. The second kappa shape index (κ2) is 11.6. The molecule has 216 valence electrons. The van der Waals surface area contributed by atoms with E-state index in [1.165, 1.54) is 41.8 Å². The fourth-order valence-electron chi connectivity index (χ4n) is 4.71. The summed E-state index contributed by atoms with van der Waals surface area (Å²) < 4.78 is 41.9. The molecule has 1 aromatic heterocycles. The number of para-hydroxylation sites is 1. The molecule has 0 aliphatic carbocycles. The van der Waals surface area contributed by atoms with Crippen LogP contribution in [-0.2, 0) is 23.9 Å². The van der Waals surface area contributed by atoms with Gasteiger partial charge in [0.1, 0.15) is 0 Å². The molecule has 3 aromatic carbocycles. The Labute approximate surface area is 241 Å². The van der Waals surface area contributed by atoms with E-state index >= 15 is 0 Å². The fraction of sp³-hybridized carbons (Fsp3) is 0.214. The van der Waals surface area contributed by atoms with Crippen molar-refractivity contribution in [2.24, 2.45) is 0 Å². The number of nitrogens with zero attached hydrogens (tertiary/aromatic N) is 5. The lowest BCUT2D eigenvalue weighted by Gasteiger charge is -2.17. The van der Waals surface area contributed by atoms with Crippen molar-refractivity contribution < 1.29 is 27.7 Å². The molecule has 0 bridgehead atoms. The largest absolute Gasteiger partial charge is 0.416 e. The summed E-state index contributed by atoms with van der Waals surface area (Å²) in [6, 6.07) is 16.2. The molecule has 10 nitrogen and oxygen atoms in total. The van der Waals surface area contributed by atoms with E-state index in [1.54, 1.807) is 4.90 Å². The van der Waals surface area contributed by atoms with Crippen LogP contribution in [0.25, 0.3) is 5.69 Å². The molecule has 0 spiro atoms. The molecule has 1 N–H and O–H groups in total. The van der Waals surface area contributed by atoms with Crippen molar-refractivity contribution in [3.8, 4) is 5.69 Å². The maximum absolute atomic E-state index is 13.5. The summed E-state index contributed by atoms with van der Waals surface area (Å²) in [5.74, 6) is -0.774. The van der Waals surface area contributed by atoms with Gasteiger partial charge in [-0.1, -0.05) is 42.1 Å². The number of anilines is 1. The normalized spacial score (nSPS) is 12.7. The van der Waals surface area contributed by atoms with Crippen molar-refractivity contribution in [3.63, 3.8) is 0 Å². The number of nitro groups is 1. The lowest BCUT2D eigenvalue weighted by atomic mass is 10.1. The number of benzene rings is 3. The van der Waals surface area contributed by atoms with E-state index in [1.807, 2.05) is 24.3 Å². The van der Waals surface area contributed by atoms with Crippen LogP contribution in [0.2, 0.25) is 0 Å². The van der Waals surface area contributed by atoms with E-state index in [-0.39, 0.29) is 51.7 Å². The van der Waals surface area contributed by atoms with Crippen molar-refractivity contribution in [2.45, 2.75) is 31.2 Å². The number of halogens is 3. The quantitative estimate of drug-likeness (QED) is 0.170. The van der Waals surface area contributed by atoms with Gasteiger partial charge in [-0.3, -0.25) is 24.3 Å². The van der Waals surface area contributed by atoms with Gasteiger partial charge in [-0.25, -0.2) is 0 Å². The zero-order valence-corrected chi connectivity index (χ0v) is 22.9. The van der Waals surface area contributed by atoms with Crippen molar-refractivity contribution >= 4 is 35.0 Å². The number of nitro benzene ring substituents is 1. The van der Waals surface area contributed by atoms with Crippen LogP contribution >= 0.6 is 11.8 Å². The van der Waals surface area contributed by atoms with Gasteiger partial charge in [0.25, 0.3) is 11.6 Å². The van der Waals surface area contributed by atoms with Gasteiger partial charge in [-0.05, 0) is 49.2 Å². The molecule has 0 saturated carbocycles. The first-order valence-corrected chi connectivity index (χ1v) is 13.7. The number of aromatic nitrogens is 3. The number of nitrogens with one attached hydrogen (secondary N) is 1. The second-order valence-corrected chi connectivity index (χ2v) is 10.3. The third-order valence-corrected chi connectivity index (χ3v) is 7.71. The van der Waals surface area contributed by atoms with Crippen molar-refractivity contribution in [1.29, 1.82) is 0 Å². The van der Waals surface area contributed by atoms with Gasteiger partial charge in [0, 0.05) is 29.4 Å². The van der Waals surface area contributed by atoms with Gasteiger partial charge < -0.3 is 10.2 Å². The number of amides is 2. The van der Waals surface area contributed by atoms with Gasteiger partial charge in [0.15, 0.2) is 11.0 Å². The molecule has 2 amide bonds. The summed E-state index contributed by atoms with van der Waals surface area (Å²) in [4.78, 5) is 38.4. The SMILES string of the molecule is Cc1c(C(=O)NCc2nnc(SCC(=O)N3CCc4ccccc43)n2-c2cccc(C(F)(F)F)c2)cccc1[N+](=O)[O-]. The maximum Gasteiger partial charge on any atom is 0.416 e. The van der Waals surface area contributed by atoms with Crippen LogP contribution in [0.1, 0.15) is 32.9 Å². The van der Waals surface area contributed by atoms with Crippen molar-refractivity contribution in [3.05, 3.63) is 105 Å². The molecule has 0 fully saturated rings. The first-order chi connectivity index (χ1) is 20.0. The number of hydrogen-bond acceptors (Lipinski definition) is 7. The van der Waals surface area contributed by atoms with Crippen LogP contribution in [0, 0.1) is 17.0 Å². The molecule has 4 aromatic rings. The lowest BCUT2D eigenvalue weighted by Crippen LogP contribution is -2.30. The highest BCUT2D eigenvalue weighted by atomic mass is 32.2. The Kier molecular flexibility index (Phi) is 7.98. The number of thioether (sulfide) groups is 1. The summed E-state index contributed by atoms with van der Waals surface area (Å²) in [6.07, 6.45) is -3.88. The number of hydrogen-bond donors (Lipinski definition) is 1. The van der Waals surface area contributed by atoms with E-state index in [2.05, 4.69) is 15.5 Å². The summed E-state index contributed by atoms with van der Waals surface area (Å²) in [5, 5.41) is 22.3. The second-order valence-electron chi connectivity index (χ2n) is 9.38. The minimum atomic E-state index is -4.61. The number of carbonyl (C=O) groups excluding carboxylic acids is 2. The Bertz CT molecular complexity index is 1690. The highest BCUT2D eigenvalue weighted by Gasteiger charge is 2.31. The first kappa shape index (κ1) is 28.8. The first-order valence-electron chi connectivity index (χ1n) is 12.7. The summed E-state index contributed by atoms with van der Waals surface area (Å²) >= 11 is 1.01. The fourth-order valence-corrected chi connectivity index (χ4v) is 5.56. The highest BCUT2D eigenvalue weighted by molar-refractivity contribution is 7.99. The predicted octanol–water partition coefficient (Wildman–Crippen LogP) is 5.11. The molecule has 5 rings (SSSR count). The molecular formula is C28H23F3N6O4S. The molecule has 14 heteroatoms. The zero-order valence-electron chi connectivity index (χ0n) is 22.1. The van der Waals surface area contributed by atoms with Gasteiger partial charge in [-0.15, -0.1) is 10.2 Å². The van der Waals surface area contributed by atoms with Crippen LogP contribution in [-0.4, -0.2) is 43.8 Å². The minimum Gasteiger partial charge on any atom is -0.345 e. The molecular weight excluding hydrogens is 573 g/mol. The predicted molar refractivity (Wildman–Crippen MR) is 149 cm³/mol. The number of fused-ring (bicyclic) bond motifs is 1. The maximum atomic E-state index is 13.5. The number of alkyl halides is 3. The Morgan fingerprint density at radius 1 is 1.07 bits per heavy atom. The van der Waals surface area contributed by atoms with Gasteiger partial charge in [-0.2, -0.15) is 13.2 Å². The molecule has 1 aliphatic rings. The van der Waals surface area contributed by atoms with E-state index < -0.39 is 22.6 Å². The molecule has 0 atom stereocenters. The van der Waals surface area contributed by atoms with E-state index in [9.17, 15) is 32.9 Å². The molecule has 0 radical (unpaired) electrons. The highest BCUT2D eigenvalue weighted by Crippen LogP contribution is 2.33. The monoisotopic (exact) mass is 596 g/mol. The van der Waals surface area contributed by atoms with Gasteiger partial charge in [0.2, 0.25) is 5.91 Å². The third-order valence-electron chi connectivity index (χ3n) is 6.80. The Morgan fingerprint density at radius 3 is 2.60 bits per heavy atom. The van der Waals surface area contributed by atoms with E-state index in [0.29, 0.717) is 6.54 Å². The molecule has 1 aliphatic heterocycles. The van der Waals surface area contributed by atoms with E-state index in [0.717, 1.165) is 41.6 Å². The zero-order chi connectivity index (χ0) is 30.0. The topological polar surface area (TPSA) is 123 Å². The average molecular weight is 597 g/mol. The number of rotatable bonds is 8. The van der Waals surface area contributed by atoms with Crippen molar-refractivity contribution in [2.75, 3.05) is 17.2 Å². The standard InChI is InChI=1S/C28H23F3N6O4S/c1-17-21(9-5-11-22(17)37(40)41)26(39)32-15-24-33-34-27(36(24)20-8-4-7-19(14-20)28(29,30)31)42-16-25(38)35-13-12-18-6-2-3-10-23(18)35/h2-11,14H,12-13,15-16H2,1H3,(H,32,39). The van der Waals surface area contributed by atoms with Crippen molar-refractivity contribution in [1.82, 2.24) is 20.1 Å². The lowest BCUT2D eigenvalue weighted by molar-refractivity contribution is -0.385. The number of carbonyl (C=O) groups is 2. The summed E-state index contributed by atoms with van der Waals surface area (Å²) in [5.41, 5.74) is 1.09. The molecule has 2 heterocycles. The molecule has 42 heavy (non-hydrogen) atoms. The molecule has 0 unspecified atom stereocenters. The van der Waals surface area contributed by atoms with Crippen LogP contribution in [0.4, 0.5) is 24.5 Å². The minimum absolute atomic E-state index is 0.0509. The van der Waals surface area contributed by atoms with Crippen LogP contribution in [0.15, 0.2) is 71.9 Å². The van der Waals surface area contributed by atoms with Gasteiger partial charge >= 0.3 is 6.18 Å².